The fraction of sp³-hybridized carbons (Fsp3) is 0.333. The molecule has 5 aromatic carbocycles. The molecule has 0 spiro atoms. The molecule has 0 bridgehead atoms. The van der Waals surface area contributed by atoms with Gasteiger partial charge in [-0.3, -0.25) is 28.8 Å². The number of nitrogens with one attached hydrogen (secondary N) is 4. The van der Waals surface area contributed by atoms with E-state index in [4.69, 9.17) is 0 Å². The van der Waals surface area contributed by atoms with Gasteiger partial charge in [0.2, 0.25) is 23.6 Å². The third-order valence-corrected chi connectivity index (χ3v) is 13.7. The third-order valence-electron chi connectivity index (χ3n) is 13.7. The van der Waals surface area contributed by atoms with Crippen molar-refractivity contribution in [2.75, 3.05) is 39.3 Å². The molecule has 0 unspecified atom stereocenters. The zero-order valence-electron chi connectivity index (χ0n) is 36.9. The number of rotatable bonds is 16. The number of amides is 6. The lowest BCUT2D eigenvalue weighted by Crippen LogP contribution is -2.42. The molecule has 2 saturated carbocycles. The summed E-state index contributed by atoms with van der Waals surface area (Å²) in [5.41, 5.74) is 5.10. The van der Waals surface area contributed by atoms with Gasteiger partial charge in [0, 0.05) is 74.3 Å². The SMILES string of the molecule is O=C(NCCc1ccccc1)[C@@H]1CN(C(=O)c2ccc(C(=O)N3C[C@@H](C(=O)NCCc4ccccc4)[C@H](C(=O)N[C@@H]4C[C@H]4c4ccccc4)C3)cc2)C[C@H]1C(=O)N[C@@H]1C[C@H]1c1ccccc1. The lowest BCUT2D eigenvalue weighted by Gasteiger charge is -2.18. The first kappa shape index (κ1) is 44.1. The summed E-state index contributed by atoms with van der Waals surface area (Å²) >= 11 is 0. The maximum Gasteiger partial charge on any atom is 0.253 e. The van der Waals surface area contributed by atoms with Gasteiger partial charge in [-0.1, -0.05) is 121 Å². The molecular formula is C54H56N6O6. The van der Waals surface area contributed by atoms with Crippen LogP contribution in [0.3, 0.4) is 0 Å². The molecule has 12 heteroatoms. The number of nitrogens with zero attached hydrogens (tertiary/aromatic N) is 2. The summed E-state index contributed by atoms with van der Waals surface area (Å²) in [6.45, 7) is 1.08. The first-order valence-corrected chi connectivity index (χ1v) is 23.2. The minimum Gasteiger partial charge on any atom is -0.355 e. The van der Waals surface area contributed by atoms with E-state index in [1.54, 1.807) is 34.1 Å². The Kier molecular flexibility index (Phi) is 13.4. The zero-order chi connectivity index (χ0) is 45.6. The van der Waals surface area contributed by atoms with Crippen molar-refractivity contribution in [3.8, 4) is 0 Å². The zero-order valence-corrected chi connectivity index (χ0v) is 36.9. The molecule has 0 aromatic heterocycles. The average Bonchev–Trinajstić information content (AvgIpc) is 4.20. The molecule has 4 N–H and O–H groups in total. The van der Waals surface area contributed by atoms with Gasteiger partial charge in [0.1, 0.15) is 0 Å². The van der Waals surface area contributed by atoms with Gasteiger partial charge in [-0.05, 0) is 72.2 Å². The summed E-state index contributed by atoms with van der Waals surface area (Å²) < 4.78 is 0. The van der Waals surface area contributed by atoms with Crippen LogP contribution in [-0.4, -0.2) is 96.6 Å². The fourth-order valence-electron chi connectivity index (χ4n) is 9.76. The Hall–Kier alpha value is -7.08. The van der Waals surface area contributed by atoms with Crippen LogP contribution in [0.2, 0.25) is 0 Å². The van der Waals surface area contributed by atoms with Gasteiger partial charge in [-0.2, -0.15) is 0 Å². The van der Waals surface area contributed by atoms with Crippen LogP contribution in [0.5, 0.6) is 0 Å². The molecule has 66 heavy (non-hydrogen) atoms. The average molecular weight is 885 g/mol. The Morgan fingerprint density at radius 3 is 1.08 bits per heavy atom. The van der Waals surface area contributed by atoms with Crippen LogP contribution in [-0.2, 0) is 32.0 Å². The highest BCUT2D eigenvalue weighted by atomic mass is 16.2. The van der Waals surface area contributed by atoms with Gasteiger partial charge in [0.05, 0.1) is 23.7 Å². The van der Waals surface area contributed by atoms with Crippen LogP contribution < -0.4 is 21.3 Å². The lowest BCUT2D eigenvalue weighted by atomic mass is 9.94. The quantitative estimate of drug-likeness (QED) is 0.108. The number of likely N-dealkylation sites (tertiary alicyclic amines) is 2. The van der Waals surface area contributed by atoms with E-state index in [1.807, 2.05) is 97.1 Å². The second-order valence-corrected chi connectivity index (χ2v) is 18.2. The second-order valence-electron chi connectivity index (χ2n) is 18.2. The molecule has 4 aliphatic rings. The molecule has 8 atom stereocenters. The highest BCUT2D eigenvalue weighted by Gasteiger charge is 2.48. The van der Waals surface area contributed by atoms with Gasteiger partial charge < -0.3 is 31.1 Å². The van der Waals surface area contributed by atoms with Gasteiger partial charge in [-0.15, -0.1) is 0 Å². The van der Waals surface area contributed by atoms with E-state index < -0.39 is 23.7 Å². The predicted octanol–water partition coefficient (Wildman–Crippen LogP) is 5.13. The summed E-state index contributed by atoms with van der Waals surface area (Å²) in [5, 5.41) is 12.4. The van der Waals surface area contributed by atoms with Crippen LogP contribution in [0.1, 0.15) is 67.6 Å². The summed E-state index contributed by atoms with van der Waals surface area (Å²) in [7, 11) is 0. The molecule has 0 radical (unpaired) electrons. The largest absolute Gasteiger partial charge is 0.355 e. The molecule has 4 fully saturated rings. The van der Waals surface area contributed by atoms with E-state index in [0.717, 1.165) is 35.1 Å². The molecule has 9 rings (SSSR count). The topological polar surface area (TPSA) is 157 Å². The van der Waals surface area contributed by atoms with Crippen LogP contribution >= 0.6 is 0 Å². The molecule has 2 aliphatic carbocycles. The Morgan fingerprint density at radius 1 is 0.409 bits per heavy atom. The van der Waals surface area contributed by atoms with Crippen molar-refractivity contribution in [3.63, 3.8) is 0 Å². The van der Waals surface area contributed by atoms with Gasteiger partial charge in [0.25, 0.3) is 11.8 Å². The van der Waals surface area contributed by atoms with Crippen LogP contribution in [0, 0.1) is 23.7 Å². The highest BCUT2D eigenvalue weighted by Crippen LogP contribution is 2.42. The Morgan fingerprint density at radius 2 is 0.727 bits per heavy atom. The van der Waals surface area contributed by atoms with E-state index in [0.29, 0.717) is 37.1 Å². The Balaban J connectivity index is 0.849. The molecular weight excluding hydrogens is 829 g/mol. The van der Waals surface area contributed by atoms with Crippen molar-refractivity contribution in [2.45, 2.75) is 49.6 Å². The summed E-state index contributed by atoms with van der Waals surface area (Å²) in [6.07, 6.45) is 2.89. The predicted molar refractivity (Wildman–Crippen MR) is 250 cm³/mol. The summed E-state index contributed by atoms with van der Waals surface area (Å²) in [6, 6.07) is 46.0. The van der Waals surface area contributed by atoms with E-state index in [9.17, 15) is 28.8 Å². The normalized spacial score (nSPS) is 23.9. The summed E-state index contributed by atoms with van der Waals surface area (Å²) in [5.74, 6) is -4.27. The number of hydrogen-bond acceptors (Lipinski definition) is 6. The number of carbonyl (C=O) groups excluding carboxylic acids is 6. The molecule has 2 heterocycles. The standard InChI is InChI=1S/C54H56N6O6/c61-49(55-27-25-35-13-5-1-6-14-35)43-31-59(33-45(43)51(63)57-47-29-41(47)37-17-9-3-10-18-37)53(65)39-21-23-40(24-22-39)54(66)60-32-44(50(62)56-28-26-36-15-7-2-8-16-36)46(34-60)52(64)58-48-30-42(48)38-19-11-4-12-20-38/h1-24,41-48H,25-34H2,(H,55,61)(H,56,62)(H,57,63)(H,58,64)/t41-,42-,43+,44+,45+,46+,47+,48+/m0/s1. The number of carbonyl (C=O) groups is 6. The molecule has 2 aliphatic heterocycles. The molecule has 338 valence electrons. The number of benzene rings is 5. The van der Waals surface area contributed by atoms with Crippen LogP contribution in [0.15, 0.2) is 146 Å². The monoisotopic (exact) mass is 884 g/mol. The first-order chi connectivity index (χ1) is 32.2. The minimum absolute atomic E-state index is 0.0358. The smallest absolute Gasteiger partial charge is 0.253 e. The first-order valence-electron chi connectivity index (χ1n) is 23.2. The van der Waals surface area contributed by atoms with Gasteiger partial charge in [-0.25, -0.2) is 0 Å². The molecule has 5 aromatic rings. The number of hydrogen-bond donors (Lipinski definition) is 4. The third kappa shape index (κ3) is 10.4. The maximum atomic E-state index is 14.1. The molecule has 12 nitrogen and oxygen atoms in total. The summed E-state index contributed by atoms with van der Waals surface area (Å²) in [4.78, 5) is 86.5. The highest BCUT2D eigenvalue weighted by molar-refractivity contribution is 6.00. The van der Waals surface area contributed by atoms with Crippen LogP contribution in [0.25, 0.3) is 0 Å². The maximum absolute atomic E-state index is 14.1. The van der Waals surface area contributed by atoms with Gasteiger partial charge in [0.15, 0.2) is 0 Å². The van der Waals surface area contributed by atoms with E-state index >= 15 is 0 Å². The van der Waals surface area contributed by atoms with Crippen molar-refractivity contribution in [1.82, 2.24) is 31.1 Å². The van der Waals surface area contributed by atoms with E-state index in [1.165, 1.54) is 0 Å². The second kappa shape index (κ2) is 20.0. The lowest BCUT2D eigenvalue weighted by molar-refractivity contribution is -0.133. The Labute approximate surface area is 385 Å². The van der Waals surface area contributed by atoms with Crippen molar-refractivity contribution >= 4 is 35.4 Å². The fourth-order valence-corrected chi connectivity index (χ4v) is 9.76. The van der Waals surface area contributed by atoms with Gasteiger partial charge >= 0.3 is 0 Å². The molecule has 2 saturated heterocycles. The Bertz CT molecular complexity index is 2350. The van der Waals surface area contributed by atoms with Crippen LogP contribution in [0.4, 0.5) is 0 Å². The molecule has 6 amide bonds. The van der Waals surface area contributed by atoms with Crippen molar-refractivity contribution in [3.05, 3.63) is 179 Å². The van der Waals surface area contributed by atoms with Crippen molar-refractivity contribution in [1.29, 1.82) is 0 Å². The van der Waals surface area contributed by atoms with Crippen molar-refractivity contribution in [2.24, 2.45) is 23.7 Å². The van der Waals surface area contributed by atoms with E-state index in [-0.39, 0.29) is 85.5 Å². The van der Waals surface area contributed by atoms with E-state index in [2.05, 4.69) is 45.5 Å². The minimum atomic E-state index is -0.743. The van der Waals surface area contributed by atoms with Crippen molar-refractivity contribution < 1.29 is 28.8 Å².